The van der Waals surface area contributed by atoms with Crippen LogP contribution in [0, 0.1) is 0 Å². The number of aromatic nitrogens is 1. The molecule has 0 unspecified atom stereocenters. The molecule has 1 aromatic heterocycles. The molecule has 32 heavy (non-hydrogen) atoms. The van der Waals surface area contributed by atoms with Crippen molar-refractivity contribution in [2.45, 2.75) is 4.90 Å². The van der Waals surface area contributed by atoms with Gasteiger partial charge in [-0.05, 0) is 36.4 Å². The van der Waals surface area contributed by atoms with Crippen molar-refractivity contribution in [1.82, 2.24) is 9.29 Å². The monoisotopic (exact) mass is 513 g/mol. The molecule has 2 aromatic carbocycles. The zero-order valence-corrected chi connectivity index (χ0v) is 20.6. The van der Waals surface area contributed by atoms with Gasteiger partial charge in [0.15, 0.2) is 16.6 Å². The smallest absolute Gasteiger partial charge is 0.244 e. The fourth-order valence-electron chi connectivity index (χ4n) is 3.48. The first kappa shape index (κ1) is 23.1. The van der Waals surface area contributed by atoms with Gasteiger partial charge < -0.3 is 14.4 Å². The third-order valence-electron chi connectivity index (χ3n) is 5.19. The molecule has 1 saturated heterocycles. The zero-order chi connectivity index (χ0) is 22.9. The van der Waals surface area contributed by atoms with Gasteiger partial charge >= 0.3 is 0 Å². The molecule has 0 bridgehead atoms. The summed E-state index contributed by atoms with van der Waals surface area (Å²) in [6.07, 6.45) is 0. The molecular formula is C21H21Cl2N3O4S2. The van der Waals surface area contributed by atoms with Crippen molar-refractivity contribution in [3.63, 3.8) is 0 Å². The quantitative estimate of drug-likeness (QED) is 0.477. The van der Waals surface area contributed by atoms with E-state index in [1.54, 1.807) is 14.2 Å². The number of hydrogen-bond acceptors (Lipinski definition) is 7. The predicted octanol–water partition coefficient (Wildman–Crippen LogP) is 4.65. The molecule has 2 heterocycles. The Balaban J connectivity index is 1.47. The number of nitrogens with zero attached hydrogens (tertiary/aromatic N) is 3. The summed E-state index contributed by atoms with van der Waals surface area (Å²) in [7, 11) is -0.501. The number of halogens is 2. The number of anilines is 1. The van der Waals surface area contributed by atoms with Gasteiger partial charge in [0.25, 0.3) is 0 Å². The third-order valence-corrected chi connectivity index (χ3v) is 8.71. The van der Waals surface area contributed by atoms with Crippen molar-refractivity contribution in [3.05, 3.63) is 51.8 Å². The van der Waals surface area contributed by atoms with Gasteiger partial charge in [-0.1, -0.05) is 23.2 Å². The van der Waals surface area contributed by atoms with E-state index in [2.05, 4.69) is 4.90 Å². The standard InChI is InChI=1S/C21H21Cl2N3O4S2/c1-29-18-5-3-14(11-19(18)30-2)17-13-31-21(24-17)25-7-9-26(10-8-25)32(27,28)20-6-4-15(22)12-16(20)23/h3-6,11-13H,7-10H2,1-2H3. The number of ether oxygens (including phenoxy) is 2. The first-order valence-electron chi connectivity index (χ1n) is 9.71. The van der Waals surface area contributed by atoms with E-state index in [9.17, 15) is 8.42 Å². The first-order chi connectivity index (χ1) is 15.3. The Morgan fingerprint density at radius 2 is 1.69 bits per heavy atom. The minimum Gasteiger partial charge on any atom is -0.493 e. The predicted molar refractivity (Wildman–Crippen MR) is 128 cm³/mol. The second kappa shape index (κ2) is 9.44. The summed E-state index contributed by atoms with van der Waals surface area (Å²) < 4.78 is 38.1. The molecule has 0 amide bonds. The van der Waals surface area contributed by atoms with Crippen molar-refractivity contribution >= 4 is 49.7 Å². The van der Waals surface area contributed by atoms with Crippen LogP contribution in [0.2, 0.25) is 10.0 Å². The van der Waals surface area contributed by atoms with Gasteiger partial charge in [0.2, 0.25) is 10.0 Å². The first-order valence-corrected chi connectivity index (χ1v) is 12.8. The molecule has 1 fully saturated rings. The van der Waals surface area contributed by atoms with Crippen molar-refractivity contribution in [3.8, 4) is 22.8 Å². The Kier molecular flexibility index (Phi) is 6.83. The van der Waals surface area contributed by atoms with Gasteiger partial charge in [-0.3, -0.25) is 0 Å². The lowest BCUT2D eigenvalue weighted by atomic mass is 10.1. The Morgan fingerprint density at radius 1 is 0.969 bits per heavy atom. The van der Waals surface area contributed by atoms with Crippen molar-refractivity contribution in [2.24, 2.45) is 0 Å². The maximum absolute atomic E-state index is 13.0. The van der Waals surface area contributed by atoms with E-state index < -0.39 is 10.0 Å². The molecule has 0 N–H and O–H groups in total. The summed E-state index contributed by atoms with van der Waals surface area (Å²) in [5.74, 6) is 1.30. The number of rotatable bonds is 6. The molecule has 7 nitrogen and oxygen atoms in total. The average Bonchev–Trinajstić information content (AvgIpc) is 3.28. The lowest BCUT2D eigenvalue weighted by molar-refractivity contribution is 0.355. The minimum atomic E-state index is -3.69. The van der Waals surface area contributed by atoms with Crippen LogP contribution >= 0.6 is 34.5 Å². The molecule has 0 aliphatic carbocycles. The summed E-state index contributed by atoms with van der Waals surface area (Å²) in [5.41, 5.74) is 1.75. The Hall–Kier alpha value is -2.04. The minimum absolute atomic E-state index is 0.0713. The van der Waals surface area contributed by atoms with E-state index in [0.29, 0.717) is 42.7 Å². The molecule has 170 valence electrons. The number of piperazine rings is 1. The van der Waals surface area contributed by atoms with Crippen LogP contribution in [0.5, 0.6) is 11.5 Å². The molecule has 0 radical (unpaired) electrons. The highest BCUT2D eigenvalue weighted by molar-refractivity contribution is 7.89. The topological polar surface area (TPSA) is 72.0 Å². The van der Waals surface area contributed by atoms with Crippen LogP contribution in [0.1, 0.15) is 0 Å². The summed E-state index contributed by atoms with van der Waals surface area (Å²) in [5, 5.41) is 3.34. The van der Waals surface area contributed by atoms with Crippen LogP contribution in [-0.2, 0) is 10.0 Å². The number of thiazole rings is 1. The number of sulfonamides is 1. The highest BCUT2D eigenvalue weighted by Gasteiger charge is 2.31. The SMILES string of the molecule is COc1ccc(-c2csc(N3CCN(S(=O)(=O)c4ccc(Cl)cc4Cl)CC3)n2)cc1OC. The average molecular weight is 514 g/mol. The Labute approximate surface area is 201 Å². The number of benzene rings is 2. The molecule has 4 rings (SSSR count). The van der Waals surface area contributed by atoms with Gasteiger partial charge in [0.1, 0.15) is 4.90 Å². The normalized spacial score (nSPS) is 15.1. The van der Waals surface area contributed by atoms with Crippen molar-refractivity contribution in [2.75, 3.05) is 45.3 Å². The van der Waals surface area contributed by atoms with Crippen LogP contribution in [0.4, 0.5) is 5.13 Å². The second-order valence-electron chi connectivity index (χ2n) is 7.05. The van der Waals surface area contributed by atoms with Gasteiger partial charge in [0.05, 0.1) is 24.9 Å². The van der Waals surface area contributed by atoms with E-state index in [4.69, 9.17) is 37.7 Å². The fraction of sp³-hybridized carbons (Fsp3) is 0.286. The lowest BCUT2D eigenvalue weighted by Crippen LogP contribution is -2.48. The zero-order valence-electron chi connectivity index (χ0n) is 17.4. The van der Waals surface area contributed by atoms with Crippen LogP contribution in [0.25, 0.3) is 11.3 Å². The van der Waals surface area contributed by atoms with Crippen LogP contribution in [-0.4, -0.2) is 58.1 Å². The van der Waals surface area contributed by atoms with E-state index in [1.165, 1.54) is 33.8 Å². The van der Waals surface area contributed by atoms with Crippen molar-refractivity contribution in [1.29, 1.82) is 0 Å². The van der Waals surface area contributed by atoms with E-state index >= 15 is 0 Å². The maximum atomic E-state index is 13.0. The van der Waals surface area contributed by atoms with E-state index in [0.717, 1.165) is 16.4 Å². The van der Waals surface area contributed by atoms with Crippen molar-refractivity contribution < 1.29 is 17.9 Å². The third kappa shape index (κ3) is 4.53. The molecular weight excluding hydrogens is 493 g/mol. The largest absolute Gasteiger partial charge is 0.493 e. The van der Waals surface area contributed by atoms with Gasteiger partial charge in [-0.25, -0.2) is 13.4 Å². The Morgan fingerprint density at radius 3 is 2.34 bits per heavy atom. The highest BCUT2D eigenvalue weighted by Crippen LogP contribution is 2.35. The number of hydrogen-bond donors (Lipinski definition) is 0. The van der Waals surface area contributed by atoms with E-state index in [1.807, 2.05) is 23.6 Å². The molecule has 3 aromatic rings. The van der Waals surface area contributed by atoms with Gasteiger partial charge in [0, 0.05) is 42.1 Å². The highest BCUT2D eigenvalue weighted by atomic mass is 35.5. The fourth-order valence-corrected chi connectivity index (χ4v) is 6.54. The maximum Gasteiger partial charge on any atom is 0.244 e. The van der Waals surface area contributed by atoms with Crippen LogP contribution in [0.15, 0.2) is 46.7 Å². The molecule has 1 aliphatic heterocycles. The van der Waals surface area contributed by atoms with Gasteiger partial charge in [-0.2, -0.15) is 4.31 Å². The molecule has 0 spiro atoms. The van der Waals surface area contributed by atoms with Crippen LogP contribution in [0.3, 0.4) is 0 Å². The summed E-state index contributed by atoms with van der Waals surface area (Å²) >= 11 is 13.6. The summed E-state index contributed by atoms with van der Waals surface area (Å²) in [6, 6.07) is 10.1. The number of methoxy groups -OCH3 is 2. The molecule has 0 atom stereocenters. The summed E-state index contributed by atoms with van der Waals surface area (Å²) in [4.78, 5) is 6.91. The van der Waals surface area contributed by atoms with E-state index in [-0.39, 0.29) is 9.92 Å². The molecule has 11 heteroatoms. The van der Waals surface area contributed by atoms with Gasteiger partial charge in [-0.15, -0.1) is 11.3 Å². The molecule has 0 saturated carbocycles. The Bertz CT molecular complexity index is 1230. The summed E-state index contributed by atoms with van der Waals surface area (Å²) in [6.45, 7) is 1.74. The molecule has 1 aliphatic rings. The second-order valence-corrected chi connectivity index (χ2v) is 10.6. The van der Waals surface area contributed by atoms with Crippen LogP contribution < -0.4 is 14.4 Å². The lowest BCUT2D eigenvalue weighted by Gasteiger charge is -2.33.